The highest BCUT2D eigenvalue weighted by atomic mass is 16.2. The summed E-state index contributed by atoms with van der Waals surface area (Å²) >= 11 is 0. The summed E-state index contributed by atoms with van der Waals surface area (Å²) in [5.41, 5.74) is 2.36. The van der Waals surface area contributed by atoms with E-state index in [0.29, 0.717) is 18.7 Å². The molecular weight excluding hydrogens is 262 g/mol. The quantitative estimate of drug-likeness (QED) is 0.763. The Bertz CT molecular complexity index is 633. The Morgan fingerprint density at radius 1 is 1.24 bits per heavy atom. The number of hydrogen-bond donors (Lipinski definition) is 0. The van der Waals surface area contributed by atoms with Gasteiger partial charge < -0.3 is 4.90 Å². The van der Waals surface area contributed by atoms with Gasteiger partial charge in [-0.15, -0.1) is 13.2 Å². The first-order valence-corrected chi connectivity index (χ1v) is 6.80. The summed E-state index contributed by atoms with van der Waals surface area (Å²) in [7, 11) is 0. The molecule has 0 atom stereocenters. The van der Waals surface area contributed by atoms with Gasteiger partial charge in [-0.1, -0.05) is 30.4 Å². The minimum atomic E-state index is -0.0607. The Balaban J connectivity index is 2.33. The molecular formula is C17H19N3O. The fourth-order valence-corrected chi connectivity index (χ4v) is 2.17. The lowest BCUT2D eigenvalue weighted by atomic mass is 10.2. The van der Waals surface area contributed by atoms with Gasteiger partial charge in [0.15, 0.2) is 0 Å². The van der Waals surface area contributed by atoms with Crippen LogP contribution in [0, 0.1) is 6.92 Å². The van der Waals surface area contributed by atoms with Crippen LogP contribution >= 0.6 is 0 Å². The first-order valence-electron chi connectivity index (χ1n) is 6.80. The van der Waals surface area contributed by atoms with Gasteiger partial charge in [0.1, 0.15) is 0 Å². The predicted octanol–water partition coefficient (Wildman–Crippen LogP) is 2.99. The summed E-state index contributed by atoms with van der Waals surface area (Å²) in [5.74, 6) is -0.0607. The van der Waals surface area contributed by atoms with Crippen molar-refractivity contribution in [2.24, 2.45) is 0 Å². The topological polar surface area (TPSA) is 38.1 Å². The van der Waals surface area contributed by atoms with Gasteiger partial charge in [0, 0.05) is 13.1 Å². The molecule has 1 aromatic carbocycles. The number of para-hydroxylation sites is 1. The van der Waals surface area contributed by atoms with Crippen LogP contribution in [0.15, 0.2) is 61.8 Å². The van der Waals surface area contributed by atoms with Crippen molar-refractivity contribution < 1.29 is 4.79 Å². The number of aromatic nitrogens is 2. The molecule has 2 aromatic rings. The number of nitrogens with zero attached hydrogens (tertiary/aromatic N) is 3. The summed E-state index contributed by atoms with van der Waals surface area (Å²) in [5, 5.41) is 4.33. The second-order valence-electron chi connectivity index (χ2n) is 4.68. The Morgan fingerprint density at radius 2 is 1.86 bits per heavy atom. The van der Waals surface area contributed by atoms with Crippen LogP contribution in [0.1, 0.15) is 16.1 Å². The van der Waals surface area contributed by atoms with Crippen LogP contribution in [0.4, 0.5) is 0 Å². The number of amides is 1. The Labute approximate surface area is 125 Å². The molecule has 0 N–H and O–H groups in total. The van der Waals surface area contributed by atoms with E-state index in [9.17, 15) is 4.79 Å². The number of carbonyl (C=O) groups is 1. The zero-order valence-electron chi connectivity index (χ0n) is 12.2. The fraction of sp³-hybridized carbons (Fsp3) is 0.176. The maximum atomic E-state index is 12.6. The smallest absolute Gasteiger partial charge is 0.257 e. The number of hydrogen-bond acceptors (Lipinski definition) is 2. The molecule has 0 aliphatic rings. The zero-order valence-corrected chi connectivity index (χ0v) is 12.2. The summed E-state index contributed by atoms with van der Waals surface area (Å²) < 4.78 is 1.77. The van der Waals surface area contributed by atoms with Crippen LogP contribution in [0.2, 0.25) is 0 Å². The van der Waals surface area contributed by atoms with E-state index < -0.39 is 0 Å². The normalized spacial score (nSPS) is 10.1. The Kier molecular flexibility index (Phi) is 4.72. The zero-order chi connectivity index (χ0) is 15.2. The maximum Gasteiger partial charge on any atom is 0.257 e. The first kappa shape index (κ1) is 14.8. The molecule has 0 aliphatic heterocycles. The van der Waals surface area contributed by atoms with E-state index in [0.717, 1.165) is 11.4 Å². The lowest BCUT2D eigenvalue weighted by Crippen LogP contribution is -2.31. The Morgan fingerprint density at radius 3 is 2.43 bits per heavy atom. The number of benzene rings is 1. The molecule has 4 nitrogen and oxygen atoms in total. The molecule has 0 spiro atoms. The fourth-order valence-electron chi connectivity index (χ4n) is 2.17. The van der Waals surface area contributed by atoms with Crippen molar-refractivity contribution in [1.29, 1.82) is 0 Å². The Hall–Kier alpha value is -2.62. The number of carbonyl (C=O) groups excluding carboxylic acids is 1. The van der Waals surface area contributed by atoms with E-state index in [4.69, 9.17) is 0 Å². The molecule has 0 saturated heterocycles. The average Bonchev–Trinajstić information content (AvgIpc) is 2.89. The second kappa shape index (κ2) is 6.70. The van der Waals surface area contributed by atoms with Crippen molar-refractivity contribution in [3.8, 4) is 5.69 Å². The van der Waals surface area contributed by atoms with E-state index >= 15 is 0 Å². The average molecular weight is 281 g/mol. The van der Waals surface area contributed by atoms with E-state index in [2.05, 4.69) is 18.3 Å². The van der Waals surface area contributed by atoms with E-state index in [1.54, 1.807) is 27.9 Å². The van der Waals surface area contributed by atoms with Crippen LogP contribution in [-0.4, -0.2) is 33.7 Å². The molecule has 0 saturated carbocycles. The summed E-state index contributed by atoms with van der Waals surface area (Å²) in [4.78, 5) is 14.2. The molecule has 108 valence electrons. The van der Waals surface area contributed by atoms with Gasteiger partial charge in [-0.3, -0.25) is 4.79 Å². The molecule has 0 radical (unpaired) electrons. The van der Waals surface area contributed by atoms with Gasteiger partial charge in [-0.05, 0) is 19.1 Å². The van der Waals surface area contributed by atoms with Gasteiger partial charge in [0.25, 0.3) is 5.91 Å². The summed E-state index contributed by atoms with van der Waals surface area (Å²) in [6.07, 6.45) is 5.03. The van der Waals surface area contributed by atoms with Crippen LogP contribution < -0.4 is 0 Å². The van der Waals surface area contributed by atoms with Crippen molar-refractivity contribution in [2.75, 3.05) is 13.1 Å². The maximum absolute atomic E-state index is 12.6. The molecule has 4 heteroatoms. The standard InChI is InChI=1S/C17H19N3O/c1-4-11-19(12-5-2)17(21)16-13-18-20(14(16)3)15-9-7-6-8-10-15/h4-10,13H,1-2,11-12H2,3H3. The minimum Gasteiger partial charge on any atom is -0.331 e. The van der Waals surface area contributed by atoms with Crippen LogP contribution in [-0.2, 0) is 0 Å². The van der Waals surface area contributed by atoms with Crippen molar-refractivity contribution in [1.82, 2.24) is 14.7 Å². The van der Waals surface area contributed by atoms with Crippen molar-refractivity contribution >= 4 is 5.91 Å². The van der Waals surface area contributed by atoms with E-state index in [1.807, 2.05) is 37.3 Å². The highest BCUT2D eigenvalue weighted by Gasteiger charge is 2.19. The number of rotatable bonds is 6. The van der Waals surface area contributed by atoms with Gasteiger partial charge in [-0.2, -0.15) is 5.10 Å². The van der Waals surface area contributed by atoms with Gasteiger partial charge >= 0.3 is 0 Å². The first-order chi connectivity index (χ1) is 10.2. The molecule has 1 aromatic heterocycles. The largest absolute Gasteiger partial charge is 0.331 e. The highest BCUT2D eigenvalue weighted by molar-refractivity contribution is 5.95. The van der Waals surface area contributed by atoms with Crippen molar-refractivity contribution in [3.63, 3.8) is 0 Å². The van der Waals surface area contributed by atoms with Crippen LogP contribution in [0.3, 0.4) is 0 Å². The molecule has 1 amide bonds. The van der Waals surface area contributed by atoms with Gasteiger partial charge in [-0.25, -0.2) is 4.68 Å². The van der Waals surface area contributed by atoms with Crippen molar-refractivity contribution in [3.05, 3.63) is 73.1 Å². The molecule has 0 bridgehead atoms. The molecule has 0 fully saturated rings. The lowest BCUT2D eigenvalue weighted by molar-refractivity contribution is 0.0790. The third-order valence-electron chi connectivity index (χ3n) is 3.23. The molecule has 0 aliphatic carbocycles. The SMILES string of the molecule is C=CCN(CC=C)C(=O)c1cnn(-c2ccccc2)c1C. The van der Waals surface area contributed by atoms with Gasteiger partial charge in [0.2, 0.25) is 0 Å². The van der Waals surface area contributed by atoms with Crippen molar-refractivity contribution in [2.45, 2.75) is 6.92 Å². The van der Waals surface area contributed by atoms with E-state index in [1.165, 1.54) is 0 Å². The van der Waals surface area contributed by atoms with Crippen LogP contribution in [0.25, 0.3) is 5.69 Å². The molecule has 1 heterocycles. The molecule has 0 unspecified atom stereocenters. The third-order valence-corrected chi connectivity index (χ3v) is 3.23. The predicted molar refractivity (Wildman–Crippen MR) is 84.6 cm³/mol. The summed E-state index contributed by atoms with van der Waals surface area (Å²) in [6, 6.07) is 9.75. The molecule has 2 rings (SSSR count). The second-order valence-corrected chi connectivity index (χ2v) is 4.68. The third kappa shape index (κ3) is 3.11. The summed E-state index contributed by atoms with van der Waals surface area (Å²) in [6.45, 7) is 10.2. The minimum absolute atomic E-state index is 0.0607. The lowest BCUT2D eigenvalue weighted by Gasteiger charge is -2.18. The van der Waals surface area contributed by atoms with E-state index in [-0.39, 0.29) is 5.91 Å². The highest BCUT2D eigenvalue weighted by Crippen LogP contribution is 2.15. The van der Waals surface area contributed by atoms with Crippen LogP contribution in [0.5, 0.6) is 0 Å². The molecule has 21 heavy (non-hydrogen) atoms. The monoisotopic (exact) mass is 281 g/mol. The van der Waals surface area contributed by atoms with Gasteiger partial charge in [0.05, 0.1) is 23.1 Å².